The number of hydrogen-bond donors (Lipinski definition) is 2. The van der Waals surface area contributed by atoms with E-state index in [1.165, 1.54) is 18.2 Å². The summed E-state index contributed by atoms with van der Waals surface area (Å²) in [5.74, 6) is 0. The molecule has 0 amide bonds. The van der Waals surface area contributed by atoms with E-state index in [1.807, 2.05) is 0 Å². The summed E-state index contributed by atoms with van der Waals surface area (Å²) >= 11 is 0. The predicted molar refractivity (Wildman–Crippen MR) is 69.4 cm³/mol. The smallest absolute Gasteiger partial charge is 0.269 e. The van der Waals surface area contributed by atoms with Crippen molar-refractivity contribution in [1.82, 2.24) is 10.0 Å². The van der Waals surface area contributed by atoms with Gasteiger partial charge in [0.05, 0.1) is 9.82 Å². The van der Waals surface area contributed by atoms with E-state index >= 15 is 0 Å². The number of nitrogens with zero attached hydrogens (tertiary/aromatic N) is 1. The van der Waals surface area contributed by atoms with Crippen LogP contribution in [0.15, 0.2) is 23.1 Å². The highest BCUT2D eigenvalue weighted by molar-refractivity contribution is 7.89. The van der Waals surface area contributed by atoms with Crippen LogP contribution in [0.25, 0.3) is 0 Å². The SMILES string of the molecule is Cc1cc([N+](=O)[O-])ccc1S(=O)(=O)N[C@@H]1CCNC1. The number of sulfonamides is 1. The quantitative estimate of drug-likeness (QED) is 0.621. The molecule has 7 nitrogen and oxygen atoms in total. The maximum Gasteiger partial charge on any atom is 0.269 e. The van der Waals surface area contributed by atoms with Crippen LogP contribution in [0.2, 0.25) is 0 Å². The minimum atomic E-state index is -3.63. The molecule has 0 aromatic heterocycles. The maximum absolute atomic E-state index is 12.2. The molecular weight excluding hydrogens is 270 g/mol. The molecule has 0 spiro atoms. The van der Waals surface area contributed by atoms with Gasteiger partial charge in [-0.25, -0.2) is 13.1 Å². The van der Waals surface area contributed by atoms with Crippen LogP contribution < -0.4 is 10.0 Å². The van der Waals surface area contributed by atoms with Crippen LogP contribution in [0.3, 0.4) is 0 Å². The second-order valence-electron chi connectivity index (χ2n) is 4.52. The number of hydrogen-bond acceptors (Lipinski definition) is 5. The van der Waals surface area contributed by atoms with Crippen LogP contribution in [0.1, 0.15) is 12.0 Å². The molecule has 0 radical (unpaired) electrons. The Hall–Kier alpha value is -1.51. The van der Waals surface area contributed by atoms with E-state index < -0.39 is 14.9 Å². The average Bonchev–Trinajstić information content (AvgIpc) is 2.80. The largest absolute Gasteiger partial charge is 0.315 e. The van der Waals surface area contributed by atoms with Crippen LogP contribution in [0, 0.1) is 17.0 Å². The fourth-order valence-electron chi connectivity index (χ4n) is 2.09. The zero-order valence-corrected chi connectivity index (χ0v) is 11.2. The first-order chi connectivity index (χ1) is 8.90. The molecule has 2 rings (SSSR count). The molecule has 19 heavy (non-hydrogen) atoms. The number of nitro groups is 1. The highest BCUT2D eigenvalue weighted by atomic mass is 32.2. The summed E-state index contributed by atoms with van der Waals surface area (Å²) in [7, 11) is -3.63. The topological polar surface area (TPSA) is 101 Å². The summed E-state index contributed by atoms with van der Waals surface area (Å²) in [6.45, 7) is 2.94. The molecule has 1 atom stereocenters. The van der Waals surface area contributed by atoms with Gasteiger partial charge in [-0.15, -0.1) is 0 Å². The number of nitro benzene ring substituents is 1. The Bertz CT molecular complexity index is 594. The van der Waals surface area contributed by atoms with Gasteiger partial charge < -0.3 is 5.32 Å². The lowest BCUT2D eigenvalue weighted by atomic mass is 10.2. The monoisotopic (exact) mass is 285 g/mol. The van der Waals surface area contributed by atoms with Gasteiger partial charge in [-0.2, -0.15) is 0 Å². The number of aryl methyl sites for hydroxylation is 1. The van der Waals surface area contributed by atoms with Crippen LogP contribution in [0.4, 0.5) is 5.69 Å². The molecule has 0 saturated carbocycles. The predicted octanol–water partition coefficient (Wildman–Crippen LogP) is 0.543. The summed E-state index contributed by atoms with van der Waals surface area (Å²) in [5, 5.41) is 13.7. The Morgan fingerprint density at radius 2 is 2.21 bits per heavy atom. The van der Waals surface area contributed by atoms with Crippen molar-refractivity contribution >= 4 is 15.7 Å². The highest BCUT2D eigenvalue weighted by Gasteiger charge is 2.24. The van der Waals surface area contributed by atoms with Crippen molar-refractivity contribution in [3.63, 3.8) is 0 Å². The number of non-ortho nitro benzene ring substituents is 1. The first-order valence-electron chi connectivity index (χ1n) is 5.88. The van der Waals surface area contributed by atoms with Gasteiger partial charge in [0.15, 0.2) is 0 Å². The summed E-state index contributed by atoms with van der Waals surface area (Å²) in [5.41, 5.74) is 0.256. The van der Waals surface area contributed by atoms with Crippen molar-refractivity contribution in [3.05, 3.63) is 33.9 Å². The minimum Gasteiger partial charge on any atom is -0.315 e. The molecule has 1 aromatic rings. The van der Waals surface area contributed by atoms with Gasteiger partial charge in [0.25, 0.3) is 5.69 Å². The zero-order valence-electron chi connectivity index (χ0n) is 10.4. The van der Waals surface area contributed by atoms with Gasteiger partial charge in [-0.3, -0.25) is 10.1 Å². The van der Waals surface area contributed by atoms with E-state index in [2.05, 4.69) is 10.0 Å². The molecule has 1 aliphatic heterocycles. The number of rotatable bonds is 4. The number of benzene rings is 1. The standard InChI is InChI=1S/C11H15N3O4S/c1-8-6-10(14(15)16)2-3-11(8)19(17,18)13-9-4-5-12-7-9/h2-3,6,9,12-13H,4-5,7H2,1H3/t9-/m1/s1. The molecule has 1 aliphatic rings. The molecule has 8 heteroatoms. The van der Waals surface area contributed by atoms with E-state index in [9.17, 15) is 18.5 Å². The molecule has 1 saturated heterocycles. The van der Waals surface area contributed by atoms with Crippen molar-refractivity contribution in [2.45, 2.75) is 24.3 Å². The summed E-state index contributed by atoms with van der Waals surface area (Å²) in [4.78, 5) is 10.2. The Balaban J connectivity index is 2.27. The van der Waals surface area contributed by atoms with Crippen molar-refractivity contribution in [3.8, 4) is 0 Å². The van der Waals surface area contributed by atoms with E-state index in [4.69, 9.17) is 0 Å². The molecule has 2 N–H and O–H groups in total. The van der Waals surface area contributed by atoms with Crippen molar-refractivity contribution < 1.29 is 13.3 Å². The van der Waals surface area contributed by atoms with Gasteiger partial charge in [-0.1, -0.05) is 0 Å². The van der Waals surface area contributed by atoms with E-state index in [0.717, 1.165) is 13.0 Å². The molecule has 0 unspecified atom stereocenters. The van der Waals surface area contributed by atoms with Gasteiger partial charge >= 0.3 is 0 Å². The second kappa shape index (κ2) is 5.24. The fraction of sp³-hybridized carbons (Fsp3) is 0.455. The van der Waals surface area contributed by atoms with Gasteiger partial charge in [0.2, 0.25) is 10.0 Å². The van der Waals surface area contributed by atoms with Crippen LogP contribution in [-0.4, -0.2) is 32.5 Å². The highest BCUT2D eigenvalue weighted by Crippen LogP contribution is 2.21. The summed E-state index contributed by atoms with van der Waals surface area (Å²) < 4.78 is 27.0. The van der Waals surface area contributed by atoms with Gasteiger partial charge in [0, 0.05) is 24.7 Å². The normalized spacial score (nSPS) is 19.5. The lowest BCUT2D eigenvalue weighted by Crippen LogP contribution is -2.36. The van der Waals surface area contributed by atoms with E-state index in [-0.39, 0.29) is 16.6 Å². The molecule has 104 valence electrons. The second-order valence-corrected chi connectivity index (χ2v) is 6.20. The molecule has 1 aromatic carbocycles. The first-order valence-corrected chi connectivity index (χ1v) is 7.36. The Kier molecular flexibility index (Phi) is 3.83. The first kappa shape index (κ1) is 13.9. The number of nitrogens with one attached hydrogen (secondary N) is 2. The van der Waals surface area contributed by atoms with Crippen molar-refractivity contribution in [2.75, 3.05) is 13.1 Å². The minimum absolute atomic E-state index is 0.0880. The van der Waals surface area contributed by atoms with Crippen molar-refractivity contribution in [2.24, 2.45) is 0 Å². The third-order valence-electron chi connectivity index (χ3n) is 3.04. The van der Waals surface area contributed by atoms with Crippen LogP contribution >= 0.6 is 0 Å². The van der Waals surface area contributed by atoms with Gasteiger partial charge in [-0.05, 0) is 31.5 Å². The van der Waals surface area contributed by atoms with Crippen LogP contribution in [0.5, 0.6) is 0 Å². The lowest BCUT2D eigenvalue weighted by molar-refractivity contribution is -0.385. The Morgan fingerprint density at radius 1 is 1.47 bits per heavy atom. The Labute approximate surface area is 111 Å². The third kappa shape index (κ3) is 3.09. The fourth-order valence-corrected chi connectivity index (χ4v) is 3.58. The molecule has 0 bridgehead atoms. The maximum atomic E-state index is 12.2. The molecule has 0 aliphatic carbocycles. The van der Waals surface area contributed by atoms with Crippen LogP contribution in [-0.2, 0) is 10.0 Å². The Morgan fingerprint density at radius 3 is 2.74 bits per heavy atom. The average molecular weight is 285 g/mol. The lowest BCUT2D eigenvalue weighted by Gasteiger charge is -2.13. The summed E-state index contributed by atoms with van der Waals surface area (Å²) in [6.07, 6.45) is 0.741. The van der Waals surface area contributed by atoms with E-state index in [0.29, 0.717) is 12.1 Å². The molecule has 1 heterocycles. The van der Waals surface area contributed by atoms with Crippen molar-refractivity contribution in [1.29, 1.82) is 0 Å². The summed E-state index contributed by atoms with van der Waals surface area (Å²) in [6, 6.07) is 3.62. The molecule has 1 fully saturated rings. The third-order valence-corrected chi connectivity index (χ3v) is 4.72. The zero-order chi connectivity index (χ0) is 14.0. The van der Waals surface area contributed by atoms with Gasteiger partial charge in [0.1, 0.15) is 0 Å². The van der Waals surface area contributed by atoms with E-state index in [1.54, 1.807) is 6.92 Å². The molecular formula is C11H15N3O4S.